The largest absolute Gasteiger partial charge is 0.436 e. The van der Waals surface area contributed by atoms with Gasteiger partial charge in [-0.1, -0.05) is 6.07 Å². The fraction of sp³-hybridized carbons (Fsp3) is 0.0833. The molecule has 1 aromatic heterocycles. The predicted octanol–water partition coefficient (Wildman–Crippen LogP) is 2.90. The number of rotatable bonds is 2. The fourth-order valence-corrected chi connectivity index (χ4v) is 1.28. The lowest BCUT2D eigenvalue weighted by atomic mass is 10.2. The highest BCUT2D eigenvalue weighted by Gasteiger charge is 2.07. The Kier molecular flexibility index (Phi) is 2.72. The summed E-state index contributed by atoms with van der Waals surface area (Å²) in [7, 11) is 0. The van der Waals surface area contributed by atoms with Gasteiger partial charge in [0.1, 0.15) is 5.75 Å². The van der Waals surface area contributed by atoms with Crippen molar-refractivity contribution in [3.63, 3.8) is 0 Å². The smallest absolute Gasteiger partial charge is 0.255 e. The first-order valence-corrected chi connectivity index (χ1v) is 4.81. The van der Waals surface area contributed by atoms with Crippen LogP contribution < -0.4 is 10.5 Å². The average molecular weight is 218 g/mol. The average Bonchev–Trinajstić information content (AvgIpc) is 2.27. The van der Waals surface area contributed by atoms with E-state index >= 15 is 0 Å². The Morgan fingerprint density at radius 3 is 2.88 bits per heavy atom. The van der Waals surface area contributed by atoms with Gasteiger partial charge in [0.05, 0.1) is 0 Å². The van der Waals surface area contributed by atoms with Gasteiger partial charge in [-0.3, -0.25) is 0 Å². The van der Waals surface area contributed by atoms with Crippen molar-refractivity contribution in [3.05, 3.63) is 47.9 Å². The zero-order chi connectivity index (χ0) is 11.5. The third-order valence-corrected chi connectivity index (χ3v) is 2.14. The Labute approximate surface area is 92.7 Å². The molecule has 0 radical (unpaired) electrons. The molecule has 0 amide bonds. The van der Waals surface area contributed by atoms with Gasteiger partial charge in [-0.2, -0.15) is 0 Å². The molecule has 0 bridgehead atoms. The summed E-state index contributed by atoms with van der Waals surface area (Å²) >= 11 is 0. The maximum absolute atomic E-state index is 13.3. The normalized spacial score (nSPS) is 10.1. The van der Waals surface area contributed by atoms with Crippen molar-refractivity contribution < 1.29 is 9.13 Å². The van der Waals surface area contributed by atoms with Crippen molar-refractivity contribution >= 4 is 5.69 Å². The van der Waals surface area contributed by atoms with Crippen LogP contribution in [0.2, 0.25) is 0 Å². The second-order valence-corrected chi connectivity index (χ2v) is 3.42. The molecule has 0 saturated carbocycles. The van der Waals surface area contributed by atoms with Gasteiger partial charge >= 0.3 is 0 Å². The van der Waals surface area contributed by atoms with E-state index in [9.17, 15) is 4.39 Å². The van der Waals surface area contributed by atoms with Gasteiger partial charge in [-0.15, -0.1) is 0 Å². The molecule has 0 aliphatic heterocycles. The van der Waals surface area contributed by atoms with Crippen molar-refractivity contribution in [1.29, 1.82) is 0 Å². The molecule has 16 heavy (non-hydrogen) atoms. The van der Waals surface area contributed by atoms with Crippen LogP contribution >= 0.6 is 0 Å². The quantitative estimate of drug-likeness (QED) is 0.788. The van der Waals surface area contributed by atoms with E-state index in [-0.39, 0.29) is 5.88 Å². The lowest BCUT2D eigenvalue weighted by Crippen LogP contribution is -1.94. The van der Waals surface area contributed by atoms with Crippen molar-refractivity contribution in [2.24, 2.45) is 0 Å². The summed E-state index contributed by atoms with van der Waals surface area (Å²) in [4.78, 5) is 3.81. The van der Waals surface area contributed by atoms with Crippen LogP contribution in [0.3, 0.4) is 0 Å². The van der Waals surface area contributed by atoms with Gasteiger partial charge in [-0.05, 0) is 30.7 Å². The highest BCUT2D eigenvalue weighted by molar-refractivity contribution is 5.49. The second kappa shape index (κ2) is 4.18. The van der Waals surface area contributed by atoms with Crippen LogP contribution in [0.5, 0.6) is 11.6 Å². The van der Waals surface area contributed by atoms with Gasteiger partial charge in [0, 0.05) is 18.0 Å². The molecule has 0 unspecified atom stereocenters. The van der Waals surface area contributed by atoms with Crippen LogP contribution in [0.15, 0.2) is 36.5 Å². The Morgan fingerprint density at radius 2 is 2.12 bits per heavy atom. The molecular weight excluding hydrogens is 207 g/mol. The van der Waals surface area contributed by atoms with Gasteiger partial charge in [-0.25, -0.2) is 9.37 Å². The Balaban J connectivity index is 2.34. The standard InChI is InChI=1S/C12H11FN2O/c1-8-4-5-9(14)7-11(8)16-12-10(13)3-2-6-15-12/h2-7H,14H2,1H3. The van der Waals surface area contributed by atoms with E-state index in [1.54, 1.807) is 12.1 Å². The summed E-state index contributed by atoms with van der Waals surface area (Å²) in [5, 5.41) is 0. The monoisotopic (exact) mass is 218 g/mol. The molecule has 82 valence electrons. The van der Waals surface area contributed by atoms with E-state index in [0.29, 0.717) is 11.4 Å². The van der Waals surface area contributed by atoms with Gasteiger partial charge in [0.25, 0.3) is 5.88 Å². The number of nitrogens with zero attached hydrogens (tertiary/aromatic N) is 1. The van der Waals surface area contributed by atoms with E-state index in [4.69, 9.17) is 10.5 Å². The van der Waals surface area contributed by atoms with Crippen molar-refractivity contribution in [1.82, 2.24) is 4.98 Å². The molecule has 1 heterocycles. The highest BCUT2D eigenvalue weighted by atomic mass is 19.1. The lowest BCUT2D eigenvalue weighted by Gasteiger charge is -2.08. The number of benzene rings is 1. The van der Waals surface area contributed by atoms with E-state index in [1.165, 1.54) is 18.3 Å². The highest BCUT2D eigenvalue weighted by Crippen LogP contribution is 2.26. The molecule has 3 nitrogen and oxygen atoms in total. The maximum atomic E-state index is 13.3. The Morgan fingerprint density at radius 1 is 1.31 bits per heavy atom. The molecule has 4 heteroatoms. The predicted molar refractivity (Wildman–Crippen MR) is 59.9 cm³/mol. The second-order valence-electron chi connectivity index (χ2n) is 3.42. The van der Waals surface area contributed by atoms with Crippen LogP contribution in [0.1, 0.15) is 5.56 Å². The number of hydrogen-bond acceptors (Lipinski definition) is 3. The number of aryl methyl sites for hydroxylation is 1. The number of pyridine rings is 1. The molecule has 2 aromatic rings. The first kappa shape index (κ1) is 10.4. The summed E-state index contributed by atoms with van der Waals surface area (Å²) in [6.07, 6.45) is 1.47. The van der Waals surface area contributed by atoms with Crippen LogP contribution in [-0.4, -0.2) is 4.98 Å². The van der Waals surface area contributed by atoms with Crippen LogP contribution in [-0.2, 0) is 0 Å². The number of anilines is 1. The third kappa shape index (κ3) is 2.11. The van der Waals surface area contributed by atoms with Crippen LogP contribution in [0.4, 0.5) is 10.1 Å². The van der Waals surface area contributed by atoms with E-state index in [2.05, 4.69) is 4.98 Å². The Hall–Kier alpha value is -2.10. The minimum Gasteiger partial charge on any atom is -0.436 e. The summed E-state index contributed by atoms with van der Waals surface area (Å²) < 4.78 is 18.6. The third-order valence-electron chi connectivity index (χ3n) is 2.14. The SMILES string of the molecule is Cc1ccc(N)cc1Oc1ncccc1F. The first-order chi connectivity index (χ1) is 7.66. The fourth-order valence-electron chi connectivity index (χ4n) is 1.28. The number of aromatic nitrogens is 1. The summed E-state index contributed by atoms with van der Waals surface area (Å²) in [6, 6.07) is 8.02. The van der Waals surface area contributed by atoms with Crippen molar-refractivity contribution in [2.75, 3.05) is 5.73 Å². The van der Waals surface area contributed by atoms with Gasteiger partial charge in [0.2, 0.25) is 0 Å². The molecule has 1 aromatic carbocycles. The zero-order valence-electron chi connectivity index (χ0n) is 8.77. The van der Waals surface area contributed by atoms with E-state index < -0.39 is 5.82 Å². The summed E-state index contributed by atoms with van der Waals surface area (Å²) in [5.41, 5.74) is 7.07. The number of nitrogen functional groups attached to an aromatic ring is 1. The molecule has 0 spiro atoms. The maximum Gasteiger partial charge on any atom is 0.255 e. The molecular formula is C12H11FN2O. The van der Waals surface area contributed by atoms with Crippen LogP contribution in [0.25, 0.3) is 0 Å². The van der Waals surface area contributed by atoms with Gasteiger partial charge in [0.15, 0.2) is 5.82 Å². The topological polar surface area (TPSA) is 48.1 Å². The molecule has 0 fully saturated rings. The summed E-state index contributed by atoms with van der Waals surface area (Å²) in [5.74, 6) is -0.0295. The molecule has 0 saturated heterocycles. The summed E-state index contributed by atoms with van der Waals surface area (Å²) in [6.45, 7) is 1.86. The van der Waals surface area contributed by atoms with E-state index in [1.807, 2.05) is 13.0 Å². The van der Waals surface area contributed by atoms with Crippen molar-refractivity contribution in [3.8, 4) is 11.6 Å². The van der Waals surface area contributed by atoms with Gasteiger partial charge < -0.3 is 10.5 Å². The number of nitrogens with two attached hydrogens (primary N) is 1. The van der Waals surface area contributed by atoms with Crippen molar-refractivity contribution in [2.45, 2.75) is 6.92 Å². The van der Waals surface area contributed by atoms with E-state index in [0.717, 1.165) is 5.56 Å². The first-order valence-electron chi connectivity index (χ1n) is 4.81. The molecule has 0 aliphatic rings. The molecule has 2 rings (SSSR count). The zero-order valence-corrected chi connectivity index (χ0v) is 8.77. The lowest BCUT2D eigenvalue weighted by molar-refractivity contribution is 0.420. The minimum absolute atomic E-state index is 0.0452. The molecule has 2 N–H and O–H groups in total. The number of hydrogen-bond donors (Lipinski definition) is 1. The molecule has 0 aliphatic carbocycles. The number of halogens is 1. The Bertz CT molecular complexity index is 514. The number of ether oxygens (including phenoxy) is 1. The minimum atomic E-state index is -0.496. The molecule has 0 atom stereocenters. The van der Waals surface area contributed by atoms with Crippen LogP contribution in [0, 0.1) is 12.7 Å².